The summed E-state index contributed by atoms with van der Waals surface area (Å²) in [6.45, 7) is 3.03. The number of rotatable bonds is 5. The lowest BCUT2D eigenvalue weighted by Gasteiger charge is -2.34. The van der Waals surface area contributed by atoms with Crippen molar-refractivity contribution in [3.05, 3.63) is 23.8 Å². The third-order valence-electron chi connectivity index (χ3n) is 4.66. The van der Waals surface area contributed by atoms with Gasteiger partial charge in [-0.1, -0.05) is 13.0 Å². The van der Waals surface area contributed by atoms with Gasteiger partial charge in [-0.15, -0.1) is 0 Å². The molecule has 5 heteroatoms. The van der Waals surface area contributed by atoms with Crippen LogP contribution in [0.4, 0.5) is 0 Å². The van der Waals surface area contributed by atoms with Crippen molar-refractivity contribution in [1.29, 1.82) is 0 Å². The van der Waals surface area contributed by atoms with Crippen molar-refractivity contribution in [3.8, 4) is 5.75 Å². The maximum absolute atomic E-state index is 9.52. The molecule has 4 nitrogen and oxygen atoms in total. The van der Waals surface area contributed by atoms with Crippen LogP contribution >= 0.6 is 0 Å². The number of hydrogen-bond acceptors (Lipinski definition) is 4. The van der Waals surface area contributed by atoms with Gasteiger partial charge in [-0.3, -0.25) is 4.90 Å². The SMILES string of the molecule is COc1ccc(B(O)O)c(CN(C)C2CCC(C)CC2)c1. The van der Waals surface area contributed by atoms with Crippen LogP contribution in [-0.4, -0.2) is 42.3 Å². The van der Waals surface area contributed by atoms with E-state index in [0.717, 1.165) is 17.2 Å². The molecule has 0 heterocycles. The van der Waals surface area contributed by atoms with Crippen molar-refractivity contribution >= 4 is 12.6 Å². The molecular weight excluding hydrogens is 265 g/mol. The quantitative estimate of drug-likeness (QED) is 0.805. The highest BCUT2D eigenvalue weighted by atomic mass is 16.5. The summed E-state index contributed by atoms with van der Waals surface area (Å²) in [7, 11) is 2.30. The van der Waals surface area contributed by atoms with E-state index in [1.54, 1.807) is 19.2 Å². The maximum Gasteiger partial charge on any atom is 0.488 e. The molecule has 0 unspecified atom stereocenters. The summed E-state index contributed by atoms with van der Waals surface area (Å²) < 4.78 is 5.25. The molecule has 0 atom stereocenters. The third-order valence-corrected chi connectivity index (χ3v) is 4.66. The molecule has 116 valence electrons. The molecular formula is C16H26BNO3. The minimum Gasteiger partial charge on any atom is -0.497 e. The summed E-state index contributed by atoms with van der Waals surface area (Å²) in [4.78, 5) is 2.33. The van der Waals surface area contributed by atoms with Crippen LogP contribution in [-0.2, 0) is 6.54 Å². The van der Waals surface area contributed by atoms with Crippen molar-refractivity contribution in [2.75, 3.05) is 14.2 Å². The van der Waals surface area contributed by atoms with Crippen molar-refractivity contribution in [1.82, 2.24) is 4.90 Å². The van der Waals surface area contributed by atoms with Gasteiger partial charge in [0.15, 0.2) is 0 Å². The van der Waals surface area contributed by atoms with E-state index in [4.69, 9.17) is 4.74 Å². The first kappa shape index (κ1) is 16.3. The van der Waals surface area contributed by atoms with Gasteiger partial charge in [0, 0.05) is 12.6 Å². The fraction of sp³-hybridized carbons (Fsp3) is 0.625. The van der Waals surface area contributed by atoms with Gasteiger partial charge in [0.25, 0.3) is 0 Å². The summed E-state index contributed by atoms with van der Waals surface area (Å²) in [6, 6.07) is 5.98. The molecule has 0 aromatic heterocycles. The highest BCUT2D eigenvalue weighted by Gasteiger charge is 2.24. The van der Waals surface area contributed by atoms with E-state index in [1.165, 1.54) is 25.7 Å². The topological polar surface area (TPSA) is 52.9 Å². The Hall–Kier alpha value is -1.04. The Kier molecular flexibility index (Phi) is 5.68. The Morgan fingerprint density at radius 3 is 2.48 bits per heavy atom. The molecule has 2 N–H and O–H groups in total. The molecule has 0 spiro atoms. The van der Waals surface area contributed by atoms with E-state index in [-0.39, 0.29) is 0 Å². The van der Waals surface area contributed by atoms with E-state index in [1.807, 2.05) is 6.07 Å². The molecule has 1 saturated carbocycles. The minimum atomic E-state index is -1.44. The molecule has 0 saturated heterocycles. The molecule has 1 aromatic rings. The molecule has 1 fully saturated rings. The number of hydrogen-bond donors (Lipinski definition) is 2. The first-order valence-corrected chi connectivity index (χ1v) is 7.74. The third kappa shape index (κ3) is 4.22. The molecule has 1 aliphatic rings. The fourth-order valence-corrected chi connectivity index (χ4v) is 3.18. The maximum atomic E-state index is 9.52. The second kappa shape index (κ2) is 7.30. The smallest absolute Gasteiger partial charge is 0.488 e. The average molecular weight is 291 g/mol. The predicted octanol–water partition coefficient (Wildman–Crippen LogP) is 1.39. The van der Waals surface area contributed by atoms with Crippen LogP contribution in [0.5, 0.6) is 5.75 Å². The lowest BCUT2D eigenvalue weighted by molar-refractivity contribution is 0.164. The van der Waals surface area contributed by atoms with Crippen LogP contribution in [0.3, 0.4) is 0 Å². The van der Waals surface area contributed by atoms with E-state index in [0.29, 0.717) is 18.0 Å². The van der Waals surface area contributed by atoms with Crippen LogP contribution < -0.4 is 10.2 Å². The molecule has 0 bridgehead atoms. The summed E-state index contributed by atoms with van der Waals surface area (Å²) >= 11 is 0. The molecule has 0 radical (unpaired) electrons. The van der Waals surface area contributed by atoms with Gasteiger partial charge in [0.1, 0.15) is 5.75 Å². The minimum absolute atomic E-state index is 0.562. The standard InChI is InChI=1S/C16H26BNO3/c1-12-4-6-14(7-5-12)18(2)11-13-10-15(21-3)8-9-16(13)17(19)20/h8-10,12,14,19-20H,4-7,11H2,1-3H3. The summed E-state index contributed by atoms with van der Waals surface area (Å²) in [5.41, 5.74) is 1.48. The van der Waals surface area contributed by atoms with Gasteiger partial charge in [-0.05, 0) is 61.8 Å². The normalized spacial score (nSPS) is 22.4. The fourth-order valence-electron chi connectivity index (χ4n) is 3.18. The van der Waals surface area contributed by atoms with Crippen molar-refractivity contribution in [2.24, 2.45) is 5.92 Å². The lowest BCUT2D eigenvalue weighted by atomic mass is 9.76. The lowest BCUT2D eigenvalue weighted by Crippen LogP contribution is -2.39. The summed E-state index contributed by atoms with van der Waals surface area (Å²) in [6.07, 6.45) is 5.00. The van der Waals surface area contributed by atoms with Crippen LogP contribution in [0.2, 0.25) is 0 Å². The second-order valence-electron chi connectivity index (χ2n) is 6.27. The molecule has 21 heavy (non-hydrogen) atoms. The Morgan fingerprint density at radius 2 is 1.90 bits per heavy atom. The van der Waals surface area contributed by atoms with Crippen LogP contribution in [0.1, 0.15) is 38.2 Å². The molecule has 2 rings (SSSR count). The Morgan fingerprint density at radius 1 is 1.24 bits per heavy atom. The number of ether oxygens (including phenoxy) is 1. The average Bonchev–Trinajstić information content (AvgIpc) is 2.47. The number of benzene rings is 1. The van der Waals surface area contributed by atoms with Crippen molar-refractivity contribution in [3.63, 3.8) is 0 Å². The molecule has 1 aromatic carbocycles. The van der Waals surface area contributed by atoms with Gasteiger partial charge in [0.2, 0.25) is 0 Å². The van der Waals surface area contributed by atoms with Gasteiger partial charge < -0.3 is 14.8 Å². The number of nitrogens with zero attached hydrogens (tertiary/aromatic N) is 1. The molecule has 1 aliphatic carbocycles. The van der Waals surface area contributed by atoms with Crippen molar-refractivity contribution in [2.45, 2.75) is 45.2 Å². The van der Waals surface area contributed by atoms with Crippen LogP contribution in [0.25, 0.3) is 0 Å². The zero-order valence-electron chi connectivity index (χ0n) is 13.2. The molecule has 0 amide bonds. The van der Waals surface area contributed by atoms with E-state index >= 15 is 0 Å². The highest BCUT2D eigenvalue weighted by Crippen LogP contribution is 2.27. The Balaban J connectivity index is 2.10. The predicted molar refractivity (Wildman–Crippen MR) is 85.7 cm³/mol. The van der Waals surface area contributed by atoms with E-state index in [2.05, 4.69) is 18.9 Å². The van der Waals surface area contributed by atoms with Gasteiger partial charge in [-0.25, -0.2) is 0 Å². The highest BCUT2D eigenvalue weighted by molar-refractivity contribution is 6.59. The Labute approximate surface area is 127 Å². The van der Waals surface area contributed by atoms with Gasteiger partial charge in [0.05, 0.1) is 7.11 Å². The summed E-state index contributed by atoms with van der Waals surface area (Å²) in [5.74, 6) is 1.58. The van der Waals surface area contributed by atoms with Gasteiger partial charge >= 0.3 is 7.12 Å². The largest absolute Gasteiger partial charge is 0.497 e. The summed E-state index contributed by atoms with van der Waals surface area (Å²) in [5, 5.41) is 19.0. The monoisotopic (exact) mass is 291 g/mol. The Bertz CT molecular complexity index is 459. The van der Waals surface area contributed by atoms with E-state index < -0.39 is 7.12 Å². The zero-order valence-corrected chi connectivity index (χ0v) is 13.2. The zero-order chi connectivity index (χ0) is 15.4. The number of methoxy groups -OCH3 is 1. The van der Waals surface area contributed by atoms with E-state index in [9.17, 15) is 10.0 Å². The molecule has 0 aliphatic heterocycles. The van der Waals surface area contributed by atoms with Crippen LogP contribution in [0, 0.1) is 5.92 Å². The van der Waals surface area contributed by atoms with Crippen molar-refractivity contribution < 1.29 is 14.8 Å². The second-order valence-corrected chi connectivity index (χ2v) is 6.27. The van der Waals surface area contributed by atoms with Crippen LogP contribution in [0.15, 0.2) is 18.2 Å². The van der Waals surface area contributed by atoms with Gasteiger partial charge in [-0.2, -0.15) is 0 Å². The first-order valence-electron chi connectivity index (χ1n) is 7.74. The first-order chi connectivity index (χ1) is 10.0.